The van der Waals surface area contributed by atoms with E-state index in [9.17, 15) is 0 Å². The predicted molar refractivity (Wildman–Crippen MR) is 211 cm³/mol. The highest BCUT2D eigenvalue weighted by Gasteiger charge is 2.22. The van der Waals surface area contributed by atoms with Gasteiger partial charge in [-0.2, -0.15) is 0 Å². The number of allylic oxidation sites excluding steroid dienone is 1. The molecular formula is C48H31NO2. The minimum atomic E-state index is 0.915. The lowest BCUT2D eigenvalue weighted by Crippen LogP contribution is -1.98. The lowest BCUT2D eigenvalue weighted by atomic mass is 9.88. The molecule has 1 aliphatic rings. The number of fused-ring (bicyclic) bond motifs is 9. The highest BCUT2D eigenvalue weighted by atomic mass is 16.3. The monoisotopic (exact) mass is 653 g/mol. The van der Waals surface area contributed by atoms with Crippen molar-refractivity contribution < 1.29 is 8.83 Å². The van der Waals surface area contributed by atoms with Crippen LogP contribution in [0, 0.1) is 0 Å². The lowest BCUT2D eigenvalue weighted by Gasteiger charge is -2.15. The van der Waals surface area contributed by atoms with E-state index in [1.807, 2.05) is 18.2 Å². The zero-order chi connectivity index (χ0) is 33.5. The molecule has 0 atom stereocenters. The number of aryl methyl sites for hydroxylation is 1. The Morgan fingerprint density at radius 1 is 0.451 bits per heavy atom. The molecule has 240 valence electrons. The van der Waals surface area contributed by atoms with E-state index >= 15 is 0 Å². The van der Waals surface area contributed by atoms with Gasteiger partial charge in [0.05, 0.1) is 5.52 Å². The van der Waals surface area contributed by atoms with Crippen molar-refractivity contribution in [1.82, 2.24) is 4.98 Å². The van der Waals surface area contributed by atoms with E-state index in [0.29, 0.717) is 0 Å². The van der Waals surface area contributed by atoms with Crippen LogP contribution in [0.3, 0.4) is 0 Å². The molecule has 10 aromatic rings. The summed E-state index contributed by atoms with van der Waals surface area (Å²) in [5.74, 6) is 1.09. The third-order valence-electron chi connectivity index (χ3n) is 10.7. The molecule has 0 saturated carbocycles. The van der Waals surface area contributed by atoms with Gasteiger partial charge >= 0.3 is 0 Å². The van der Waals surface area contributed by atoms with Gasteiger partial charge in [-0.3, -0.25) is 0 Å². The van der Waals surface area contributed by atoms with Crippen molar-refractivity contribution in [2.45, 2.75) is 12.8 Å². The third-order valence-corrected chi connectivity index (χ3v) is 10.7. The van der Waals surface area contributed by atoms with E-state index in [1.54, 1.807) is 0 Å². The summed E-state index contributed by atoms with van der Waals surface area (Å²) in [6, 6.07) is 54.3. The molecular weight excluding hydrogens is 623 g/mol. The van der Waals surface area contributed by atoms with E-state index in [0.717, 1.165) is 68.3 Å². The van der Waals surface area contributed by atoms with Gasteiger partial charge in [0.1, 0.15) is 22.5 Å². The number of nitrogens with one attached hydrogen (secondary N) is 1. The van der Waals surface area contributed by atoms with Gasteiger partial charge in [-0.05, 0) is 76.2 Å². The number of hydrogen-bond donors (Lipinski definition) is 1. The van der Waals surface area contributed by atoms with Crippen LogP contribution in [-0.2, 0) is 6.42 Å². The standard InChI is InChI=1S/C48H31NO2/c1-3-21-43-37(14-1)39-20-8-18-36(48(39)51-43)33-24-25-42-41(28-33)38-19-7-17-35(47(38)49-42)32-13-6-11-30(27-32)29-10-5-12-31(26-29)34-16-9-23-45-46(34)40-15-2-4-22-44(40)50-45/h1-8,10-22,24-28,49H,9,23H2. The Hall–Kier alpha value is -6.58. The molecule has 0 aliphatic heterocycles. The van der Waals surface area contributed by atoms with E-state index in [2.05, 4.69) is 145 Å². The fourth-order valence-corrected chi connectivity index (χ4v) is 8.32. The quantitative estimate of drug-likeness (QED) is 0.205. The van der Waals surface area contributed by atoms with Crippen molar-refractivity contribution in [3.8, 4) is 33.4 Å². The fraction of sp³-hybridized carbons (Fsp3) is 0.0417. The second kappa shape index (κ2) is 11.0. The summed E-state index contributed by atoms with van der Waals surface area (Å²) >= 11 is 0. The van der Waals surface area contributed by atoms with Gasteiger partial charge in [-0.1, -0.05) is 121 Å². The second-order valence-corrected chi connectivity index (χ2v) is 13.6. The van der Waals surface area contributed by atoms with Gasteiger partial charge in [-0.15, -0.1) is 0 Å². The summed E-state index contributed by atoms with van der Waals surface area (Å²) < 4.78 is 12.7. The fourth-order valence-electron chi connectivity index (χ4n) is 8.32. The summed E-state index contributed by atoms with van der Waals surface area (Å²) in [6.45, 7) is 0. The molecule has 0 fully saturated rings. The molecule has 0 amide bonds. The molecule has 51 heavy (non-hydrogen) atoms. The number of rotatable bonds is 4. The molecule has 0 unspecified atom stereocenters. The Labute approximate surface area is 294 Å². The Morgan fingerprint density at radius 3 is 1.96 bits per heavy atom. The third kappa shape index (κ3) is 4.38. The molecule has 1 N–H and O–H groups in total. The molecule has 7 aromatic carbocycles. The summed E-state index contributed by atoms with van der Waals surface area (Å²) in [5.41, 5.74) is 15.8. The van der Waals surface area contributed by atoms with Crippen LogP contribution in [-0.4, -0.2) is 4.98 Å². The van der Waals surface area contributed by atoms with Gasteiger partial charge in [0.25, 0.3) is 0 Å². The second-order valence-electron chi connectivity index (χ2n) is 13.6. The predicted octanol–water partition coefficient (Wildman–Crippen LogP) is 13.3. The SMILES string of the molecule is C1=C(c2cccc(-c3cccc(-c4cccc5c4[nH]c4ccc(-c6cccc7c6oc6ccccc67)cc45)c3)c2)c2c(oc3ccccc23)CC1. The summed E-state index contributed by atoms with van der Waals surface area (Å²) in [7, 11) is 0. The smallest absolute Gasteiger partial charge is 0.143 e. The molecule has 3 nitrogen and oxygen atoms in total. The Balaban J connectivity index is 0.991. The topological polar surface area (TPSA) is 42.1 Å². The number of aromatic nitrogens is 1. The average Bonchev–Trinajstić information content (AvgIpc) is 3.89. The first-order valence-corrected chi connectivity index (χ1v) is 17.6. The highest BCUT2D eigenvalue weighted by Crippen LogP contribution is 2.42. The van der Waals surface area contributed by atoms with Crippen molar-refractivity contribution in [1.29, 1.82) is 0 Å². The number of H-pyrrole nitrogens is 1. The summed E-state index contributed by atoms with van der Waals surface area (Å²) in [5, 5.41) is 5.89. The van der Waals surface area contributed by atoms with Crippen LogP contribution in [0.2, 0.25) is 0 Å². The Bertz CT molecular complexity index is 3040. The molecule has 3 heterocycles. The van der Waals surface area contributed by atoms with Crippen molar-refractivity contribution in [3.63, 3.8) is 0 Å². The van der Waals surface area contributed by atoms with Crippen LogP contribution < -0.4 is 0 Å². The highest BCUT2D eigenvalue weighted by molar-refractivity contribution is 6.14. The Kier molecular flexibility index (Phi) is 6.08. The van der Waals surface area contributed by atoms with Crippen LogP contribution in [0.5, 0.6) is 0 Å². The van der Waals surface area contributed by atoms with Gasteiger partial charge in [0.2, 0.25) is 0 Å². The average molecular weight is 654 g/mol. The first kappa shape index (κ1) is 28.3. The minimum absolute atomic E-state index is 0.915. The van der Waals surface area contributed by atoms with Crippen molar-refractivity contribution in [3.05, 3.63) is 175 Å². The normalized spacial score (nSPS) is 13.1. The first-order valence-electron chi connectivity index (χ1n) is 17.6. The zero-order valence-electron chi connectivity index (χ0n) is 27.7. The molecule has 0 saturated heterocycles. The zero-order valence-corrected chi connectivity index (χ0v) is 27.7. The molecule has 11 rings (SSSR count). The lowest BCUT2D eigenvalue weighted by molar-refractivity contribution is 0.545. The maximum Gasteiger partial charge on any atom is 0.143 e. The molecule has 3 aromatic heterocycles. The van der Waals surface area contributed by atoms with Crippen LogP contribution in [0.25, 0.3) is 93.7 Å². The van der Waals surface area contributed by atoms with Gasteiger partial charge in [0, 0.05) is 55.6 Å². The number of aromatic amines is 1. The Morgan fingerprint density at radius 2 is 1.10 bits per heavy atom. The summed E-state index contributed by atoms with van der Waals surface area (Å²) in [4.78, 5) is 3.78. The maximum atomic E-state index is 6.40. The van der Waals surface area contributed by atoms with Crippen LogP contribution in [0.4, 0.5) is 0 Å². The van der Waals surface area contributed by atoms with E-state index in [4.69, 9.17) is 8.83 Å². The number of benzene rings is 7. The molecule has 1 aliphatic carbocycles. The van der Waals surface area contributed by atoms with E-state index in [-0.39, 0.29) is 0 Å². The van der Waals surface area contributed by atoms with Crippen molar-refractivity contribution >= 4 is 60.3 Å². The molecule has 0 spiro atoms. The molecule has 3 heteroatoms. The van der Waals surface area contributed by atoms with Crippen molar-refractivity contribution in [2.24, 2.45) is 0 Å². The number of furan rings is 2. The van der Waals surface area contributed by atoms with Crippen LogP contribution in [0.1, 0.15) is 23.3 Å². The minimum Gasteiger partial charge on any atom is -0.460 e. The maximum absolute atomic E-state index is 6.40. The summed E-state index contributed by atoms with van der Waals surface area (Å²) in [6.07, 6.45) is 4.29. The molecule has 0 radical (unpaired) electrons. The largest absolute Gasteiger partial charge is 0.460 e. The van der Waals surface area contributed by atoms with E-state index in [1.165, 1.54) is 55.1 Å². The van der Waals surface area contributed by atoms with Gasteiger partial charge in [0.15, 0.2) is 0 Å². The van der Waals surface area contributed by atoms with Crippen LogP contribution in [0.15, 0.2) is 167 Å². The van der Waals surface area contributed by atoms with E-state index < -0.39 is 0 Å². The molecule has 0 bridgehead atoms. The first-order chi connectivity index (χ1) is 25.3. The van der Waals surface area contributed by atoms with Crippen molar-refractivity contribution in [2.75, 3.05) is 0 Å². The number of para-hydroxylation sites is 4. The van der Waals surface area contributed by atoms with Crippen LogP contribution >= 0.6 is 0 Å². The van der Waals surface area contributed by atoms with Gasteiger partial charge in [-0.25, -0.2) is 0 Å². The van der Waals surface area contributed by atoms with Gasteiger partial charge < -0.3 is 13.8 Å². The number of hydrogen-bond acceptors (Lipinski definition) is 2.